The number of rotatable bonds is 4. The van der Waals surface area contributed by atoms with Gasteiger partial charge in [0.05, 0.1) is 38.5 Å². The van der Waals surface area contributed by atoms with Crippen LogP contribution in [0.15, 0.2) is 36.4 Å². The number of ether oxygens (including phenoxy) is 4. The van der Waals surface area contributed by atoms with Gasteiger partial charge in [0.25, 0.3) is 0 Å². The highest BCUT2D eigenvalue weighted by Gasteiger charge is 2.18. The van der Waals surface area contributed by atoms with Crippen LogP contribution in [0.3, 0.4) is 0 Å². The first-order chi connectivity index (χ1) is 14.6. The summed E-state index contributed by atoms with van der Waals surface area (Å²) in [7, 11) is 0. The van der Waals surface area contributed by atoms with Crippen LogP contribution in [0.4, 0.5) is 4.79 Å². The van der Waals surface area contributed by atoms with E-state index in [4.69, 9.17) is 18.9 Å². The molecule has 2 aromatic carbocycles. The first-order valence-electron chi connectivity index (χ1n) is 10.5. The number of carbonyl (C=O) groups excluding carboxylic acids is 1. The quantitative estimate of drug-likeness (QED) is 0.790. The molecule has 2 aliphatic heterocycles. The number of fused-ring (bicyclic) bond motifs is 2. The molecule has 2 aromatic rings. The smallest absolute Gasteiger partial charge is 0.315 e. The van der Waals surface area contributed by atoms with Crippen molar-refractivity contribution in [3.05, 3.63) is 47.5 Å². The Morgan fingerprint density at radius 2 is 1.10 bits per heavy atom. The lowest BCUT2D eigenvalue weighted by Crippen LogP contribution is -2.38. The van der Waals surface area contributed by atoms with E-state index in [2.05, 4.69) is 10.6 Å². The van der Waals surface area contributed by atoms with Gasteiger partial charge in [0, 0.05) is 12.8 Å². The van der Waals surface area contributed by atoms with Crippen molar-refractivity contribution in [2.45, 2.75) is 38.8 Å². The minimum Gasteiger partial charge on any atom is -0.490 e. The van der Waals surface area contributed by atoms with E-state index < -0.39 is 0 Å². The number of benzene rings is 2. The van der Waals surface area contributed by atoms with E-state index in [9.17, 15) is 4.79 Å². The van der Waals surface area contributed by atoms with Crippen molar-refractivity contribution in [1.29, 1.82) is 0 Å². The van der Waals surface area contributed by atoms with Gasteiger partial charge in [-0.2, -0.15) is 0 Å². The summed E-state index contributed by atoms with van der Waals surface area (Å²) in [6, 6.07) is 10.9. The molecule has 7 nitrogen and oxygen atoms in total. The van der Waals surface area contributed by atoms with Crippen LogP contribution in [0.5, 0.6) is 23.0 Å². The lowest BCUT2D eigenvalue weighted by atomic mass is 10.1. The summed E-state index contributed by atoms with van der Waals surface area (Å²) >= 11 is 0. The minimum absolute atomic E-state index is 0.182. The van der Waals surface area contributed by atoms with Crippen LogP contribution in [0.25, 0.3) is 0 Å². The van der Waals surface area contributed by atoms with E-state index in [0.717, 1.165) is 47.0 Å². The predicted molar refractivity (Wildman–Crippen MR) is 113 cm³/mol. The van der Waals surface area contributed by atoms with Crippen LogP contribution in [0, 0.1) is 0 Å². The molecular weight excluding hydrogens is 384 g/mol. The van der Waals surface area contributed by atoms with Gasteiger partial charge in [0.2, 0.25) is 0 Å². The van der Waals surface area contributed by atoms with Gasteiger partial charge >= 0.3 is 6.03 Å². The second kappa shape index (κ2) is 9.15. The number of hydrogen-bond acceptors (Lipinski definition) is 5. The van der Waals surface area contributed by atoms with E-state index >= 15 is 0 Å². The third-order valence-electron chi connectivity index (χ3n) is 5.24. The van der Waals surface area contributed by atoms with Crippen molar-refractivity contribution in [2.24, 2.45) is 0 Å². The Morgan fingerprint density at radius 3 is 1.53 bits per heavy atom. The van der Waals surface area contributed by atoms with Crippen LogP contribution >= 0.6 is 0 Å². The molecule has 0 spiro atoms. The zero-order valence-corrected chi connectivity index (χ0v) is 17.4. The summed E-state index contributed by atoms with van der Waals surface area (Å²) in [5.41, 5.74) is 1.91. The van der Waals surface area contributed by atoms with Crippen LogP contribution < -0.4 is 29.6 Å². The summed E-state index contributed by atoms with van der Waals surface area (Å²) < 4.78 is 22.8. The van der Waals surface area contributed by atoms with E-state index in [1.165, 1.54) is 0 Å². The van der Waals surface area contributed by atoms with Gasteiger partial charge in [0.1, 0.15) is 0 Å². The normalized spacial score (nSPS) is 17.1. The number of hydrogen-bond donors (Lipinski definition) is 2. The molecule has 7 heteroatoms. The molecule has 30 heavy (non-hydrogen) atoms. The first kappa shape index (κ1) is 20.2. The molecule has 160 valence electrons. The van der Waals surface area contributed by atoms with Gasteiger partial charge in [0.15, 0.2) is 23.0 Å². The number of urea groups is 1. The molecule has 0 saturated heterocycles. The molecule has 4 rings (SSSR count). The van der Waals surface area contributed by atoms with E-state index in [-0.39, 0.29) is 18.1 Å². The van der Waals surface area contributed by atoms with Crippen molar-refractivity contribution >= 4 is 6.03 Å². The van der Waals surface area contributed by atoms with Crippen LogP contribution in [-0.2, 0) is 0 Å². The summed E-state index contributed by atoms with van der Waals surface area (Å²) in [6.07, 6.45) is 1.72. The average Bonchev–Trinajstić information content (AvgIpc) is 3.12. The van der Waals surface area contributed by atoms with Gasteiger partial charge < -0.3 is 29.6 Å². The van der Waals surface area contributed by atoms with E-state index in [1.807, 2.05) is 50.2 Å². The molecule has 2 amide bonds. The summed E-state index contributed by atoms with van der Waals surface area (Å²) in [5, 5.41) is 5.98. The maximum Gasteiger partial charge on any atom is 0.315 e. The second-order valence-electron chi connectivity index (χ2n) is 7.57. The summed E-state index contributed by atoms with van der Waals surface area (Å²) in [5.74, 6) is 2.94. The summed E-state index contributed by atoms with van der Waals surface area (Å²) in [6.45, 7) is 6.45. The highest BCUT2D eigenvalue weighted by Crippen LogP contribution is 2.33. The monoisotopic (exact) mass is 412 g/mol. The maximum atomic E-state index is 12.6. The first-order valence-corrected chi connectivity index (χ1v) is 10.5. The molecule has 0 aromatic heterocycles. The molecule has 2 heterocycles. The van der Waals surface area contributed by atoms with Crippen LogP contribution in [0.1, 0.15) is 49.9 Å². The fourth-order valence-corrected chi connectivity index (χ4v) is 3.50. The molecule has 0 unspecified atom stereocenters. The Hall–Kier alpha value is -3.09. The van der Waals surface area contributed by atoms with Crippen molar-refractivity contribution in [2.75, 3.05) is 26.4 Å². The van der Waals surface area contributed by atoms with Gasteiger partial charge in [-0.1, -0.05) is 12.1 Å². The molecule has 2 atom stereocenters. The SMILES string of the molecule is C[C@H](NC(=O)N[C@@H](C)c1ccc2c(c1)OCCCO2)c1ccc2c(c1)OCCCO2. The Morgan fingerprint density at radius 1 is 0.700 bits per heavy atom. The zero-order chi connectivity index (χ0) is 20.9. The van der Waals surface area contributed by atoms with Crippen molar-refractivity contribution < 1.29 is 23.7 Å². The highest BCUT2D eigenvalue weighted by atomic mass is 16.5. The lowest BCUT2D eigenvalue weighted by molar-refractivity contribution is 0.235. The largest absolute Gasteiger partial charge is 0.490 e. The molecule has 2 aliphatic rings. The molecule has 0 fully saturated rings. The lowest BCUT2D eigenvalue weighted by Gasteiger charge is -2.20. The minimum atomic E-state index is -0.241. The van der Waals surface area contributed by atoms with E-state index in [0.29, 0.717) is 26.4 Å². The molecular formula is C23H28N2O5. The Labute approximate surface area is 176 Å². The van der Waals surface area contributed by atoms with Crippen molar-refractivity contribution in [3.8, 4) is 23.0 Å². The zero-order valence-electron chi connectivity index (χ0n) is 17.4. The van der Waals surface area contributed by atoms with Crippen molar-refractivity contribution in [3.63, 3.8) is 0 Å². The number of amides is 2. The second-order valence-corrected chi connectivity index (χ2v) is 7.57. The van der Waals surface area contributed by atoms with Gasteiger partial charge in [-0.25, -0.2) is 4.79 Å². The third kappa shape index (κ3) is 4.72. The molecule has 2 N–H and O–H groups in total. The van der Waals surface area contributed by atoms with E-state index in [1.54, 1.807) is 0 Å². The molecule has 0 bridgehead atoms. The average molecular weight is 412 g/mol. The van der Waals surface area contributed by atoms with Crippen LogP contribution in [0.2, 0.25) is 0 Å². The van der Waals surface area contributed by atoms with Crippen molar-refractivity contribution in [1.82, 2.24) is 10.6 Å². The molecule has 0 aliphatic carbocycles. The maximum absolute atomic E-state index is 12.6. The Bertz CT molecular complexity index is 830. The standard InChI is InChI=1S/C23H28N2O5/c1-15(17-5-7-19-21(13-17)29-11-3-9-27-19)24-23(26)25-16(2)18-6-8-20-22(14-18)30-12-4-10-28-20/h5-8,13-16H,3-4,9-12H2,1-2H3,(H2,24,25,26)/t15-,16-/m0/s1. The third-order valence-corrected chi connectivity index (χ3v) is 5.24. The summed E-state index contributed by atoms with van der Waals surface area (Å²) in [4.78, 5) is 12.6. The van der Waals surface area contributed by atoms with Gasteiger partial charge in [-0.3, -0.25) is 0 Å². The Kier molecular flexibility index (Phi) is 6.16. The fourth-order valence-electron chi connectivity index (χ4n) is 3.50. The molecule has 0 radical (unpaired) electrons. The topological polar surface area (TPSA) is 78.1 Å². The fraction of sp³-hybridized carbons (Fsp3) is 0.435. The number of carbonyl (C=O) groups is 1. The van der Waals surface area contributed by atoms with Gasteiger partial charge in [-0.05, 0) is 49.2 Å². The van der Waals surface area contributed by atoms with Crippen LogP contribution in [-0.4, -0.2) is 32.5 Å². The Balaban J connectivity index is 1.37. The number of nitrogens with one attached hydrogen (secondary N) is 2. The molecule has 0 saturated carbocycles. The predicted octanol–water partition coefficient (Wildman–Crippen LogP) is 4.13. The van der Waals surface area contributed by atoms with Gasteiger partial charge in [-0.15, -0.1) is 0 Å². The highest BCUT2D eigenvalue weighted by molar-refractivity contribution is 5.75.